The molecule has 1 N–H and O–H groups in total. The molecular weight excluding hydrogens is 366 g/mol. The zero-order chi connectivity index (χ0) is 18.8. The van der Waals surface area contributed by atoms with Crippen LogP contribution in [-0.2, 0) is 16.1 Å². The largest absolute Gasteiger partial charge is 0.452 e. The molecule has 27 heavy (non-hydrogen) atoms. The van der Waals surface area contributed by atoms with Gasteiger partial charge in [0.15, 0.2) is 6.61 Å². The van der Waals surface area contributed by atoms with E-state index in [-0.39, 0.29) is 18.4 Å². The predicted octanol–water partition coefficient (Wildman–Crippen LogP) is 3.45. The summed E-state index contributed by atoms with van der Waals surface area (Å²) in [6.45, 7) is 1.87. The number of nitrogens with zero attached hydrogens (tertiary/aromatic N) is 2. The molecular formula is C19H15N3O4S. The van der Waals surface area contributed by atoms with Crippen molar-refractivity contribution >= 4 is 29.3 Å². The highest BCUT2D eigenvalue weighted by molar-refractivity contribution is 8.00. The van der Waals surface area contributed by atoms with Crippen LogP contribution in [0.3, 0.4) is 0 Å². The first-order valence-electron chi connectivity index (χ1n) is 8.22. The van der Waals surface area contributed by atoms with Gasteiger partial charge in [0.2, 0.25) is 11.7 Å². The minimum atomic E-state index is -0.530. The quantitative estimate of drug-likeness (QED) is 0.692. The van der Waals surface area contributed by atoms with E-state index in [0.29, 0.717) is 22.8 Å². The first-order chi connectivity index (χ1) is 13.1. The van der Waals surface area contributed by atoms with Gasteiger partial charge in [0.1, 0.15) is 0 Å². The van der Waals surface area contributed by atoms with Crippen LogP contribution in [-0.4, -0.2) is 27.8 Å². The Labute approximate surface area is 159 Å². The summed E-state index contributed by atoms with van der Waals surface area (Å²) in [5.41, 5.74) is 2.92. The topological polar surface area (TPSA) is 94.3 Å². The van der Waals surface area contributed by atoms with Crippen molar-refractivity contribution in [1.29, 1.82) is 0 Å². The Balaban J connectivity index is 1.42. The molecule has 2 aromatic carbocycles. The van der Waals surface area contributed by atoms with Gasteiger partial charge >= 0.3 is 5.97 Å². The van der Waals surface area contributed by atoms with Crippen LogP contribution in [0, 0.1) is 6.92 Å². The highest BCUT2D eigenvalue weighted by Gasteiger charge is 2.18. The van der Waals surface area contributed by atoms with Gasteiger partial charge in [-0.25, -0.2) is 4.79 Å². The minimum Gasteiger partial charge on any atom is -0.452 e. The lowest BCUT2D eigenvalue weighted by molar-refractivity contribution is -0.113. The number of aromatic nitrogens is 2. The average Bonchev–Trinajstić information content (AvgIpc) is 3.15. The van der Waals surface area contributed by atoms with Crippen molar-refractivity contribution in [3.63, 3.8) is 0 Å². The van der Waals surface area contributed by atoms with Crippen LogP contribution in [0.4, 0.5) is 5.69 Å². The Hall–Kier alpha value is -3.13. The summed E-state index contributed by atoms with van der Waals surface area (Å²) in [5.74, 6) is 0.401. The highest BCUT2D eigenvalue weighted by atomic mass is 32.2. The molecule has 1 aromatic heterocycles. The lowest BCUT2D eigenvalue weighted by atomic mass is 10.1. The zero-order valence-corrected chi connectivity index (χ0v) is 15.2. The SMILES string of the molecule is Cc1ccc(-c2noc(COC(=O)c3ccc4c(c3)NC(=O)CS4)n2)cc1. The number of ether oxygens (including phenoxy) is 1. The molecule has 0 saturated carbocycles. The maximum Gasteiger partial charge on any atom is 0.338 e. The van der Waals surface area contributed by atoms with Crippen molar-refractivity contribution in [3.05, 3.63) is 59.5 Å². The number of rotatable bonds is 4. The third-order valence-electron chi connectivity index (χ3n) is 3.95. The van der Waals surface area contributed by atoms with Crippen molar-refractivity contribution in [2.24, 2.45) is 0 Å². The molecule has 4 rings (SSSR count). The van der Waals surface area contributed by atoms with Crippen LogP contribution in [0.15, 0.2) is 51.9 Å². The van der Waals surface area contributed by atoms with Crippen LogP contribution in [0.1, 0.15) is 21.8 Å². The van der Waals surface area contributed by atoms with E-state index in [1.807, 2.05) is 31.2 Å². The van der Waals surface area contributed by atoms with Crippen LogP contribution in [0.25, 0.3) is 11.4 Å². The number of carbonyl (C=O) groups excluding carboxylic acids is 2. The first kappa shape index (κ1) is 17.3. The Bertz CT molecular complexity index is 1010. The highest BCUT2D eigenvalue weighted by Crippen LogP contribution is 2.32. The fraction of sp³-hybridized carbons (Fsp3) is 0.158. The van der Waals surface area contributed by atoms with Crippen molar-refractivity contribution in [2.45, 2.75) is 18.4 Å². The van der Waals surface area contributed by atoms with E-state index in [4.69, 9.17) is 9.26 Å². The van der Waals surface area contributed by atoms with Crippen LogP contribution < -0.4 is 5.32 Å². The number of fused-ring (bicyclic) bond motifs is 1. The molecule has 1 amide bonds. The number of nitrogens with one attached hydrogen (secondary N) is 1. The summed E-state index contributed by atoms with van der Waals surface area (Å²) >= 11 is 1.43. The maximum atomic E-state index is 12.3. The van der Waals surface area contributed by atoms with Gasteiger partial charge in [-0.2, -0.15) is 4.98 Å². The molecule has 136 valence electrons. The van der Waals surface area contributed by atoms with Crippen molar-refractivity contribution in [1.82, 2.24) is 10.1 Å². The van der Waals surface area contributed by atoms with Gasteiger partial charge in [0, 0.05) is 10.5 Å². The Morgan fingerprint density at radius 3 is 2.89 bits per heavy atom. The minimum absolute atomic E-state index is 0.0903. The van der Waals surface area contributed by atoms with E-state index >= 15 is 0 Å². The molecule has 0 saturated heterocycles. The van der Waals surface area contributed by atoms with Gasteiger partial charge < -0.3 is 14.6 Å². The summed E-state index contributed by atoms with van der Waals surface area (Å²) in [4.78, 5) is 28.9. The van der Waals surface area contributed by atoms with Crippen molar-refractivity contribution in [2.75, 3.05) is 11.1 Å². The van der Waals surface area contributed by atoms with Gasteiger partial charge in [-0.1, -0.05) is 35.0 Å². The first-order valence-corrected chi connectivity index (χ1v) is 9.20. The van der Waals surface area contributed by atoms with E-state index in [1.165, 1.54) is 11.8 Å². The normalized spacial score (nSPS) is 13.0. The molecule has 0 bridgehead atoms. The van der Waals surface area contributed by atoms with E-state index < -0.39 is 5.97 Å². The summed E-state index contributed by atoms with van der Waals surface area (Å²) in [7, 11) is 0. The average molecular weight is 381 g/mol. The second-order valence-corrected chi connectivity index (χ2v) is 7.02. The fourth-order valence-corrected chi connectivity index (χ4v) is 3.34. The van der Waals surface area contributed by atoms with Crippen LogP contribution >= 0.6 is 11.8 Å². The van der Waals surface area contributed by atoms with Crippen LogP contribution in [0.5, 0.6) is 0 Å². The number of benzene rings is 2. The van der Waals surface area contributed by atoms with Crippen molar-refractivity contribution < 1.29 is 18.8 Å². The Morgan fingerprint density at radius 1 is 1.26 bits per heavy atom. The number of hydrogen-bond acceptors (Lipinski definition) is 7. The van der Waals surface area contributed by atoms with E-state index in [9.17, 15) is 9.59 Å². The number of carbonyl (C=O) groups is 2. The van der Waals surface area contributed by atoms with Crippen molar-refractivity contribution in [3.8, 4) is 11.4 Å². The van der Waals surface area contributed by atoms with Gasteiger partial charge in [0.05, 0.1) is 17.0 Å². The molecule has 0 radical (unpaired) electrons. The molecule has 7 nitrogen and oxygen atoms in total. The number of esters is 1. The fourth-order valence-electron chi connectivity index (χ4n) is 2.55. The summed E-state index contributed by atoms with van der Waals surface area (Å²) in [6, 6.07) is 12.8. The third kappa shape index (κ3) is 3.85. The number of anilines is 1. The van der Waals surface area contributed by atoms with Gasteiger partial charge in [-0.3, -0.25) is 4.79 Å². The monoisotopic (exact) mass is 381 g/mol. The summed E-state index contributed by atoms with van der Waals surface area (Å²) in [5, 5.41) is 6.65. The second kappa shape index (κ2) is 7.24. The number of amides is 1. The predicted molar refractivity (Wildman–Crippen MR) is 99.4 cm³/mol. The molecule has 8 heteroatoms. The lowest BCUT2D eigenvalue weighted by Crippen LogP contribution is -2.19. The number of hydrogen-bond donors (Lipinski definition) is 1. The van der Waals surface area contributed by atoms with Gasteiger partial charge in [-0.05, 0) is 25.1 Å². The van der Waals surface area contributed by atoms with Gasteiger partial charge in [-0.15, -0.1) is 11.8 Å². The van der Waals surface area contributed by atoms with Crippen LogP contribution in [0.2, 0.25) is 0 Å². The molecule has 0 atom stereocenters. The summed E-state index contributed by atoms with van der Waals surface area (Å²) < 4.78 is 10.4. The maximum absolute atomic E-state index is 12.3. The molecule has 0 fully saturated rings. The Morgan fingerprint density at radius 2 is 2.07 bits per heavy atom. The zero-order valence-electron chi connectivity index (χ0n) is 14.4. The van der Waals surface area contributed by atoms with E-state index in [2.05, 4.69) is 15.5 Å². The molecule has 3 aromatic rings. The van der Waals surface area contributed by atoms with Gasteiger partial charge in [0.25, 0.3) is 5.89 Å². The standard InChI is InChI=1S/C19H15N3O4S/c1-11-2-4-12(5-3-11)18-21-17(26-22-18)9-25-19(24)13-6-7-15-14(8-13)20-16(23)10-27-15/h2-8H,9-10H2,1H3,(H,20,23). The molecule has 1 aliphatic heterocycles. The van der Waals surface area contributed by atoms with E-state index in [0.717, 1.165) is 16.0 Å². The smallest absolute Gasteiger partial charge is 0.338 e. The molecule has 2 heterocycles. The number of thioether (sulfide) groups is 1. The molecule has 0 unspecified atom stereocenters. The summed E-state index contributed by atoms with van der Waals surface area (Å²) in [6.07, 6.45) is 0. The number of aryl methyl sites for hydroxylation is 1. The Kier molecular flexibility index (Phi) is 4.64. The van der Waals surface area contributed by atoms with E-state index in [1.54, 1.807) is 18.2 Å². The molecule has 1 aliphatic rings. The molecule has 0 aliphatic carbocycles. The molecule has 0 spiro atoms. The lowest BCUT2D eigenvalue weighted by Gasteiger charge is -2.16. The second-order valence-electron chi connectivity index (χ2n) is 6.00. The third-order valence-corrected chi connectivity index (χ3v) is 5.03.